The lowest BCUT2D eigenvalue weighted by Crippen LogP contribution is -2.23. The summed E-state index contributed by atoms with van der Waals surface area (Å²) in [5, 5.41) is 7.53. The molecule has 1 aliphatic carbocycles. The fraction of sp³-hybridized carbons (Fsp3) is 0.435. The van der Waals surface area contributed by atoms with Crippen LogP contribution in [-0.2, 0) is 20.0 Å². The van der Waals surface area contributed by atoms with E-state index in [2.05, 4.69) is 15.2 Å². The number of halogens is 1. The highest BCUT2D eigenvalue weighted by Gasteiger charge is 2.21. The molecule has 0 saturated heterocycles. The van der Waals surface area contributed by atoms with E-state index in [1.54, 1.807) is 11.8 Å². The quantitative estimate of drug-likeness (QED) is 0.341. The van der Waals surface area contributed by atoms with Crippen LogP contribution in [0.5, 0.6) is 0 Å². The molecule has 1 amide bonds. The number of hydrogen-bond donors (Lipinski definition) is 1. The van der Waals surface area contributed by atoms with Gasteiger partial charge in [-0.1, -0.05) is 41.0 Å². The number of carbonyl (C=O) groups is 2. The number of methoxy groups -OCH3 is 1. The zero-order valence-electron chi connectivity index (χ0n) is 18.2. The van der Waals surface area contributed by atoms with Gasteiger partial charge >= 0.3 is 12.1 Å². The largest absolute Gasteiger partial charge is 0.469 e. The van der Waals surface area contributed by atoms with Gasteiger partial charge in [0.15, 0.2) is 0 Å². The number of rotatable bonds is 9. The van der Waals surface area contributed by atoms with Gasteiger partial charge in [-0.15, -0.1) is 0 Å². The molecule has 0 radical (unpaired) electrons. The monoisotopic (exact) mass is 478 g/mol. The van der Waals surface area contributed by atoms with Gasteiger partial charge < -0.3 is 14.0 Å². The van der Waals surface area contributed by atoms with Gasteiger partial charge in [0.1, 0.15) is 23.7 Å². The molecule has 1 aromatic heterocycles. The summed E-state index contributed by atoms with van der Waals surface area (Å²) in [7, 11) is 1.39. The standard InChI is InChI=1S/C23H27ClN2O5S/c1-15(18-5-3-4-6-19(18)24)31-23(28)25-20-13-30-26-22(20)17-9-7-16(8-10-17)14-32-12-11-21(27)29-2/h7-10,13,15H,3-6,11-12,14H2,1-2H3,(H,25,28). The Bertz CT molecular complexity index is 958. The minimum atomic E-state index is -0.580. The molecule has 1 atom stereocenters. The van der Waals surface area contributed by atoms with E-state index < -0.39 is 6.09 Å². The third-order valence-corrected chi connectivity index (χ3v) is 6.66. The van der Waals surface area contributed by atoms with Crippen LogP contribution in [0.25, 0.3) is 11.3 Å². The molecule has 1 N–H and O–H groups in total. The van der Waals surface area contributed by atoms with Crippen LogP contribution < -0.4 is 5.32 Å². The van der Waals surface area contributed by atoms with Crippen LogP contribution in [0.1, 0.15) is 44.6 Å². The van der Waals surface area contributed by atoms with E-state index in [9.17, 15) is 9.59 Å². The van der Waals surface area contributed by atoms with Crippen LogP contribution in [0.2, 0.25) is 0 Å². The van der Waals surface area contributed by atoms with E-state index in [4.69, 9.17) is 20.9 Å². The number of nitrogens with zero attached hydrogens (tertiary/aromatic N) is 1. The average molecular weight is 479 g/mol. The van der Waals surface area contributed by atoms with Gasteiger partial charge in [-0.2, -0.15) is 11.8 Å². The molecule has 0 spiro atoms. The Hall–Kier alpha value is -2.45. The molecule has 1 aliphatic rings. The molecule has 9 heteroatoms. The van der Waals surface area contributed by atoms with Crippen molar-refractivity contribution in [1.29, 1.82) is 0 Å². The van der Waals surface area contributed by atoms with Crippen LogP contribution in [0.4, 0.5) is 10.5 Å². The van der Waals surface area contributed by atoms with Crippen molar-refractivity contribution in [3.05, 3.63) is 46.7 Å². The molecule has 0 saturated carbocycles. The van der Waals surface area contributed by atoms with Crippen molar-refractivity contribution < 1.29 is 23.6 Å². The van der Waals surface area contributed by atoms with Crippen LogP contribution in [0.3, 0.4) is 0 Å². The third kappa shape index (κ3) is 6.77. The second-order valence-corrected chi connectivity index (χ2v) is 9.02. The highest BCUT2D eigenvalue weighted by molar-refractivity contribution is 7.98. The van der Waals surface area contributed by atoms with E-state index in [0.29, 0.717) is 23.6 Å². The fourth-order valence-corrected chi connectivity index (χ4v) is 4.69. The molecule has 32 heavy (non-hydrogen) atoms. The van der Waals surface area contributed by atoms with Crippen molar-refractivity contribution in [2.24, 2.45) is 0 Å². The fourth-order valence-electron chi connectivity index (χ4n) is 3.43. The topological polar surface area (TPSA) is 90.7 Å². The van der Waals surface area contributed by atoms with Crippen molar-refractivity contribution >= 4 is 41.1 Å². The smallest absolute Gasteiger partial charge is 0.412 e. The number of esters is 1. The summed E-state index contributed by atoms with van der Waals surface area (Å²) >= 11 is 7.96. The first-order valence-electron chi connectivity index (χ1n) is 10.5. The Labute approximate surface area is 196 Å². The molecular formula is C23H27ClN2O5S. The van der Waals surface area contributed by atoms with E-state index in [-0.39, 0.29) is 12.1 Å². The molecule has 3 rings (SSSR count). The summed E-state index contributed by atoms with van der Waals surface area (Å²) in [5.74, 6) is 1.28. The maximum Gasteiger partial charge on any atom is 0.412 e. The third-order valence-electron chi connectivity index (χ3n) is 5.20. The maximum absolute atomic E-state index is 12.4. The minimum absolute atomic E-state index is 0.203. The summed E-state index contributed by atoms with van der Waals surface area (Å²) < 4.78 is 15.2. The van der Waals surface area contributed by atoms with Gasteiger partial charge in [0.25, 0.3) is 0 Å². The van der Waals surface area contributed by atoms with Gasteiger partial charge in [-0.25, -0.2) is 4.79 Å². The summed E-state index contributed by atoms with van der Waals surface area (Å²) in [5.41, 5.74) is 3.87. The average Bonchev–Trinajstić information content (AvgIpc) is 3.25. The molecule has 1 heterocycles. The lowest BCUT2D eigenvalue weighted by atomic mass is 9.96. The first-order chi connectivity index (χ1) is 15.5. The summed E-state index contributed by atoms with van der Waals surface area (Å²) in [6.45, 7) is 1.83. The first-order valence-corrected chi connectivity index (χ1v) is 12.0. The summed E-state index contributed by atoms with van der Waals surface area (Å²) in [6.07, 6.45) is 4.61. The highest BCUT2D eigenvalue weighted by atomic mass is 35.5. The Morgan fingerprint density at radius 1 is 1.25 bits per heavy atom. The summed E-state index contributed by atoms with van der Waals surface area (Å²) in [6, 6.07) is 7.80. The molecule has 1 unspecified atom stereocenters. The van der Waals surface area contributed by atoms with Gasteiger partial charge in [-0.05, 0) is 43.7 Å². The maximum atomic E-state index is 12.4. The van der Waals surface area contributed by atoms with E-state index in [1.807, 2.05) is 31.2 Å². The highest BCUT2D eigenvalue weighted by Crippen LogP contribution is 2.31. The van der Waals surface area contributed by atoms with Crippen molar-refractivity contribution in [3.63, 3.8) is 0 Å². The molecule has 7 nitrogen and oxygen atoms in total. The number of anilines is 1. The number of benzene rings is 1. The molecule has 2 aromatic rings. The summed E-state index contributed by atoms with van der Waals surface area (Å²) in [4.78, 5) is 23.6. The molecule has 172 valence electrons. The van der Waals surface area contributed by atoms with Crippen molar-refractivity contribution in [3.8, 4) is 11.3 Å². The number of carbonyl (C=O) groups excluding carboxylic acids is 2. The predicted octanol–water partition coefficient (Wildman–Crippen LogP) is 6.14. The normalized spacial score (nSPS) is 14.7. The van der Waals surface area contributed by atoms with Gasteiger partial charge in [0.05, 0.1) is 13.5 Å². The molecule has 1 aromatic carbocycles. The minimum Gasteiger partial charge on any atom is -0.469 e. The van der Waals surface area contributed by atoms with E-state index in [1.165, 1.54) is 13.4 Å². The Balaban J connectivity index is 1.55. The Morgan fingerprint density at radius 3 is 2.72 bits per heavy atom. The SMILES string of the molecule is COC(=O)CCSCc1ccc(-c2nocc2NC(=O)OC(C)C2=C(Cl)CCCC2)cc1. The number of ether oxygens (including phenoxy) is 2. The zero-order valence-corrected chi connectivity index (χ0v) is 19.8. The second-order valence-electron chi connectivity index (χ2n) is 7.46. The van der Waals surface area contributed by atoms with Gasteiger partial charge in [0, 0.05) is 22.1 Å². The number of thioether (sulfide) groups is 1. The number of amides is 1. The Morgan fingerprint density at radius 2 is 2.00 bits per heavy atom. The Kier molecular flexibility index (Phi) is 9.05. The first kappa shape index (κ1) is 24.2. The number of aromatic nitrogens is 1. The van der Waals surface area contributed by atoms with Crippen molar-refractivity contribution in [2.45, 2.75) is 50.9 Å². The number of nitrogens with one attached hydrogen (secondary N) is 1. The van der Waals surface area contributed by atoms with Crippen LogP contribution in [-0.4, -0.2) is 36.2 Å². The van der Waals surface area contributed by atoms with Gasteiger partial charge in [0.2, 0.25) is 0 Å². The lowest BCUT2D eigenvalue weighted by molar-refractivity contribution is -0.140. The van der Waals surface area contributed by atoms with Gasteiger partial charge in [-0.3, -0.25) is 10.1 Å². The van der Waals surface area contributed by atoms with Crippen LogP contribution in [0.15, 0.2) is 45.7 Å². The van der Waals surface area contributed by atoms with Crippen molar-refractivity contribution in [2.75, 3.05) is 18.2 Å². The molecule has 0 bridgehead atoms. The molecular weight excluding hydrogens is 452 g/mol. The number of hydrogen-bond acceptors (Lipinski definition) is 7. The number of allylic oxidation sites excluding steroid dienone is 1. The molecule has 0 aliphatic heterocycles. The van der Waals surface area contributed by atoms with Crippen molar-refractivity contribution in [1.82, 2.24) is 5.16 Å². The second kappa shape index (κ2) is 12.0. The predicted molar refractivity (Wildman–Crippen MR) is 126 cm³/mol. The van der Waals surface area contributed by atoms with Crippen LogP contribution >= 0.6 is 23.4 Å². The molecule has 0 fully saturated rings. The van der Waals surface area contributed by atoms with Crippen LogP contribution in [0, 0.1) is 0 Å². The zero-order chi connectivity index (χ0) is 22.9. The van der Waals surface area contributed by atoms with E-state index >= 15 is 0 Å². The van der Waals surface area contributed by atoms with E-state index in [0.717, 1.165) is 53.2 Å². The lowest BCUT2D eigenvalue weighted by Gasteiger charge is -2.22.